The van der Waals surface area contributed by atoms with Gasteiger partial charge in [0.15, 0.2) is 0 Å². The van der Waals surface area contributed by atoms with E-state index in [4.69, 9.17) is 4.74 Å². The van der Waals surface area contributed by atoms with Gasteiger partial charge in [0.2, 0.25) is 0 Å². The highest BCUT2D eigenvalue weighted by Gasteiger charge is 2.16. The van der Waals surface area contributed by atoms with Crippen molar-refractivity contribution in [3.05, 3.63) is 23.8 Å². The summed E-state index contributed by atoms with van der Waals surface area (Å²) in [6.45, 7) is 6.36. The Morgan fingerprint density at radius 3 is 2.44 bits per heavy atom. The third-order valence-electron chi connectivity index (χ3n) is 2.30. The lowest BCUT2D eigenvalue weighted by Crippen LogP contribution is -2.12. The Kier molecular flexibility index (Phi) is 3.97. The zero-order valence-electron chi connectivity index (χ0n) is 9.93. The van der Waals surface area contributed by atoms with E-state index < -0.39 is 0 Å². The van der Waals surface area contributed by atoms with E-state index in [0.29, 0.717) is 11.4 Å². The average molecular weight is 286 g/mol. The van der Waals surface area contributed by atoms with E-state index in [1.807, 2.05) is 18.2 Å². The first kappa shape index (κ1) is 13.0. The monoisotopic (exact) mass is 285 g/mol. The number of benzene rings is 1. The first-order valence-electron chi connectivity index (χ1n) is 4.99. The lowest BCUT2D eigenvalue weighted by atomic mass is 9.87. The Hall–Kier alpha value is -1.03. The number of rotatable bonds is 2. The number of ether oxygens (including phenoxy) is 1. The van der Waals surface area contributed by atoms with Gasteiger partial charge in [-0.2, -0.15) is 0 Å². The molecule has 0 aliphatic carbocycles. The fourth-order valence-electron chi connectivity index (χ4n) is 1.38. The molecule has 0 heterocycles. The van der Waals surface area contributed by atoms with Crippen LogP contribution >= 0.6 is 15.9 Å². The van der Waals surface area contributed by atoms with E-state index in [1.54, 1.807) is 7.11 Å². The summed E-state index contributed by atoms with van der Waals surface area (Å²) in [6.07, 6.45) is 0. The van der Waals surface area contributed by atoms with Gasteiger partial charge in [-0.05, 0) is 23.1 Å². The normalized spacial score (nSPS) is 11.1. The van der Waals surface area contributed by atoms with Crippen molar-refractivity contribution in [3.63, 3.8) is 0 Å². The molecule has 1 aromatic carbocycles. The molecule has 0 radical (unpaired) electrons. The highest BCUT2D eigenvalue weighted by molar-refractivity contribution is 9.18. The number of hydrogen-bond donors (Lipinski definition) is 1. The maximum atomic E-state index is 11.0. The minimum absolute atomic E-state index is 0.0397. The molecule has 0 saturated carbocycles. The number of hydrogen-bond acceptors (Lipinski definition) is 2. The molecule has 1 N–H and O–H groups in total. The fraction of sp³-hybridized carbons (Fsp3) is 0.417. The number of halogens is 1. The van der Waals surface area contributed by atoms with Crippen LogP contribution in [0.4, 0.5) is 10.5 Å². The second-order valence-electron chi connectivity index (χ2n) is 4.56. The molecule has 0 bridgehead atoms. The van der Waals surface area contributed by atoms with Crippen LogP contribution in [-0.2, 0) is 5.41 Å². The Morgan fingerprint density at radius 1 is 1.38 bits per heavy atom. The number of anilines is 1. The van der Waals surface area contributed by atoms with Crippen molar-refractivity contribution in [1.82, 2.24) is 0 Å². The van der Waals surface area contributed by atoms with Gasteiger partial charge in [0.1, 0.15) is 5.75 Å². The Labute approximate surface area is 104 Å². The first-order valence-corrected chi connectivity index (χ1v) is 5.79. The first-order chi connectivity index (χ1) is 7.34. The van der Waals surface area contributed by atoms with E-state index in [1.165, 1.54) is 0 Å². The summed E-state index contributed by atoms with van der Waals surface area (Å²) >= 11 is 2.84. The van der Waals surface area contributed by atoms with Gasteiger partial charge in [0, 0.05) is 15.9 Å². The van der Waals surface area contributed by atoms with Crippen LogP contribution < -0.4 is 10.1 Å². The summed E-state index contributed by atoms with van der Waals surface area (Å²) in [5, 5.41) is 2.69. The van der Waals surface area contributed by atoms with Crippen LogP contribution in [0.1, 0.15) is 26.3 Å². The Morgan fingerprint density at radius 2 is 2.00 bits per heavy atom. The summed E-state index contributed by atoms with van der Waals surface area (Å²) < 4.78 is 5.18. The average Bonchev–Trinajstić information content (AvgIpc) is 2.15. The molecule has 3 nitrogen and oxygen atoms in total. The number of carbonyl (C=O) groups is 1. The van der Waals surface area contributed by atoms with Crippen molar-refractivity contribution < 1.29 is 9.53 Å². The van der Waals surface area contributed by atoms with Crippen molar-refractivity contribution in [2.45, 2.75) is 26.2 Å². The quantitative estimate of drug-likeness (QED) is 0.661. The zero-order chi connectivity index (χ0) is 12.3. The van der Waals surface area contributed by atoms with Gasteiger partial charge in [0.05, 0.1) is 12.8 Å². The van der Waals surface area contributed by atoms with Crippen LogP contribution in [0.2, 0.25) is 0 Å². The summed E-state index contributed by atoms with van der Waals surface area (Å²) in [5.74, 6) is 0.654. The summed E-state index contributed by atoms with van der Waals surface area (Å²) in [6, 6.07) is 5.79. The molecule has 0 aliphatic rings. The minimum atomic E-state index is -0.281. The maximum Gasteiger partial charge on any atom is 0.291 e. The fourth-order valence-corrected chi connectivity index (χ4v) is 1.59. The largest absolute Gasteiger partial charge is 0.495 e. The molecule has 0 saturated heterocycles. The SMILES string of the molecule is COc1ccc(C(C)(C)C)cc1NC(=O)Br. The van der Waals surface area contributed by atoms with Gasteiger partial charge >= 0.3 is 0 Å². The molecule has 0 atom stereocenters. The van der Waals surface area contributed by atoms with Crippen LogP contribution in [0.25, 0.3) is 0 Å². The lowest BCUT2D eigenvalue weighted by Gasteiger charge is -2.21. The maximum absolute atomic E-state index is 11.0. The van der Waals surface area contributed by atoms with E-state index in [2.05, 4.69) is 42.0 Å². The molecule has 16 heavy (non-hydrogen) atoms. The molecule has 0 unspecified atom stereocenters. The number of amides is 1. The molecule has 0 aliphatic heterocycles. The van der Waals surface area contributed by atoms with Gasteiger partial charge in [-0.3, -0.25) is 4.79 Å². The summed E-state index contributed by atoms with van der Waals surface area (Å²) in [5.41, 5.74) is 1.86. The van der Waals surface area contributed by atoms with E-state index in [0.717, 1.165) is 5.56 Å². The lowest BCUT2D eigenvalue weighted by molar-refractivity contribution is 0.270. The van der Waals surface area contributed by atoms with Crippen molar-refractivity contribution in [3.8, 4) is 5.75 Å². The number of nitrogens with one attached hydrogen (secondary N) is 1. The van der Waals surface area contributed by atoms with Gasteiger partial charge in [-0.1, -0.05) is 26.8 Å². The smallest absolute Gasteiger partial charge is 0.291 e. The molecule has 1 rings (SSSR count). The predicted octanol–water partition coefficient (Wildman–Crippen LogP) is 3.92. The molecule has 0 spiro atoms. The zero-order valence-corrected chi connectivity index (χ0v) is 11.5. The van der Waals surface area contributed by atoms with E-state index in [-0.39, 0.29) is 10.2 Å². The topological polar surface area (TPSA) is 38.3 Å². The molecular weight excluding hydrogens is 270 g/mol. The second kappa shape index (κ2) is 4.87. The molecule has 4 heteroatoms. The van der Waals surface area contributed by atoms with Crippen molar-refractivity contribution in [2.75, 3.05) is 12.4 Å². The molecular formula is C12H16BrNO2. The van der Waals surface area contributed by atoms with Crippen molar-refractivity contribution in [2.24, 2.45) is 0 Å². The molecule has 88 valence electrons. The predicted molar refractivity (Wildman–Crippen MR) is 69.6 cm³/mol. The van der Waals surface area contributed by atoms with Crippen LogP contribution in [0.5, 0.6) is 5.75 Å². The van der Waals surface area contributed by atoms with E-state index >= 15 is 0 Å². The standard InChI is InChI=1S/C12H16BrNO2/c1-12(2,3)8-5-6-10(16-4)9(7-8)14-11(13)15/h5-7H,1-4H3,(H,14,15). The minimum Gasteiger partial charge on any atom is -0.495 e. The Balaban J connectivity index is 3.16. The van der Waals surface area contributed by atoms with Crippen LogP contribution in [-0.4, -0.2) is 11.9 Å². The van der Waals surface area contributed by atoms with Gasteiger partial charge < -0.3 is 10.1 Å². The highest BCUT2D eigenvalue weighted by atomic mass is 79.9. The Bertz CT molecular complexity index is 396. The van der Waals surface area contributed by atoms with Crippen molar-refractivity contribution >= 4 is 26.4 Å². The van der Waals surface area contributed by atoms with Crippen LogP contribution in [0.3, 0.4) is 0 Å². The summed E-state index contributed by atoms with van der Waals surface area (Å²) in [7, 11) is 1.58. The van der Waals surface area contributed by atoms with Gasteiger partial charge in [-0.25, -0.2) is 0 Å². The van der Waals surface area contributed by atoms with E-state index in [9.17, 15) is 4.79 Å². The highest BCUT2D eigenvalue weighted by Crippen LogP contribution is 2.31. The van der Waals surface area contributed by atoms with Gasteiger partial charge in [-0.15, -0.1) is 0 Å². The second-order valence-corrected chi connectivity index (χ2v) is 5.28. The molecule has 1 aromatic rings. The van der Waals surface area contributed by atoms with Gasteiger partial charge in [0.25, 0.3) is 4.82 Å². The number of carbonyl (C=O) groups excluding carboxylic acids is 1. The van der Waals surface area contributed by atoms with Crippen molar-refractivity contribution in [1.29, 1.82) is 0 Å². The molecule has 0 fully saturated rings. The van der Waals surface area contributed by atoms with Crippen LogP contribution in [0.15, 0.2) is 18.2 Å². The number of methoxy groups -OCH3 is 1. The molecule has 1 amide bonds. The third kappa shape index (κ3) is 3.23. The summed E-state index contributed by atoms with van der Waals surface area (Å²) in [4.78, 5) is 10.7. The van der Waals surface area contributed by atoms with Crippen LogP contribution in [0, 0.1) is 0 Å². The molecule has 0 aromatic heterocycles. The third-order valence-corrected chi connectivity index (χ3v) is 2.50.